The van der Waals surface area contributed by atoms with Gasteiger partial charge in [-0.3, -0.25) is 9.69 Å². The molecule has 0 aliphatic carbocycles. The van der Waals surface area contributed by atoms with Crippen LogP contribution in [0.3, 0.4) is 0 Å². The summed E-state index contributed by atoms with van der Waals surface area (Å²) in [6, 6.07) is 10.00. The summed E-state index contributed by atoms with van der Waals surface area (Å²) in [5, 5.41) is 0. The molecule has 2 heterocycles. The minimum absolute atomic E-state index is 0.00833. The summed E-state index contributed by atoms with van der Waals surface area (Å²) in [7, 11) is 0. The first kappa shape index (κ1) is 18.6. The lowest BCUT2D eigenvalue weighted by molar-refractivity contribution is -0.367. The third-order valence-electron chi connectivity index (χ3n) is 4.37. The topological polar surface area (TPSA) is 37.7 Å². The largest absolute Gasteiger partial charge is 0.419 e. The number of benzene rings is 1. The first-order valence-electron chi connectivity index (χ1n) is 8.16. The quantitative estimate of drug-likeness (QED) is 0.765. The maximum absolute atomic E-state index is 12.7. The zero-order chi connectivity index (χ0) is 18.7. The van der Waals surface area contributed by atoms with Crippen molar-refractivity contribution >= 4 is 23.5 Å². The van der Waals surface area contributed by atoms with Crippen molar-refractivity contribution < 1.29 is 22.9 Å². The van der Waals surface area contributed by atoms with Gasteiger partial charge in [-0.1, -0.05) is 12.1 Å². The van der Waals surface area contributed by atoms with E-state index in [4.69, 9.17) is 0 Å². The zero-order valence-corrected chi connectivity index (χ0v) is 15.0. The van der Waals surface area contributed by atoms with Crippen LogP contribution in [-0.4, -0.2) is 43.2 Å². The predicted molar refractivity (Wildman–Crippen MR) is 94.3 cm³/mol. The third kappa shape index (κ3) is 3.95. The van der Waals surface area contributed by atoms with Gasteiger partial charge in [-0.05, 0) is 24.5 Å². The van der Waals surface area contributed by atoms with Crippen molar-refractivity contribution in [1.29, 1.82) is 0 Å². The summed E-state index contributed by atoms with van der Waals surface area (Å²) < 4.78 is 37.9. The molecule has 0 radical (unpaired) electrons. The molecule has 3 rings (SSSR count). The number of piperazine rings is 1. The highest BCUT2D eigenvalue weighted by Crippen LogP contribution is 2.28. The number of alkyl halides is 3. The van der Waals surface area contributed by atoms with Crippen LogP contribution in [0.1, 0.15) is 15.9 Å². The standard InChI is InChI=1S/C18H18F3N3OS/c1-26-15-5-3-2-4-14(15)17(25)24-10-8-23(9-11-24)16-7-6-13(12-22-16)18(19,20)21/h2-7,12H,8-11H2,1H3/p+1. The van der Waals surface area contributed by atoms with Crippen LogP contribution >= 0.6 is 11.8 Å². The van der Waals surface area contributed by atoms with E-state index in [9.17, 15) is 18.0 Å². The second-order valence-electron chi connectivity index (χ2n) is 5.94. The van der Waals surface area contributed by atoms with Gasteiger partial charge in [0.1, 0.15) is 19.3 Å². The van der Waals surface area contributed by atoms with E-state index in [0.29, 0.717) is 37.6 Å². The van der Waals surface area contributed by atoms with Crippen molar-refractivity contribution in [1.82, 2.24) is 4.90 Å². The maximum atomic E-state index is 12.7. The van der Waals surface area contributed by atoms with E-state index in [0.717, 1.165) is 17.2 Å². The molecule has 1 aromatic carbocycles. The van der Waals surface area contributed by atoms with Crippen molar-refractivity contribution in [3.05, 3.63) is 53.7 Å². The van der Waals surface area contributed by atoms with Gasteiger partial charge in [0.2, 0.25) is 0 Å². The third-order valence-corrected chi connectivity index (χ3v) is 5.16. The Kier molecular flexibility index (Phi) is 5.41. The number of carbonyl (C=O) groups is 1. The lowest BCUT2D eigenvalue weighted by Crippen LogP contribution is -2.50. The lowest BCUT2D eigenvalue weighted by atomic mass is 10.1. The summed E-state index contributed by atoms with van der Waals surface area (Å²) in [4.78, 5) is 20.1. The van der Waals surface area contributed by atoms with Gasteiger partial charge < -0.3 is 4.90 Å². The van der Waals surface area contributed by atoms with Gasteiger partial charge in [0, 0.05) is 11.0 Å². The van der Waals surface area contributed by atoms with Crippen LogP contribution in [0.2, 0.25) is 0 Å². The molecule has 1 fully saturated rings. The number of pyridine rings is 1. The second-order valence-corrected chi connectivity index (χ2v) is 6.79. The molecule has 4 nitrogen and oxygen atoms in total. The Hall–Kier alpha value is -2.22. The van der Waals surface area contributed by atoms with Crippen molar-refractivity contribution in [2.45, 2.75) is 11.1 Å². The SMILES string of the molecule is CSc1ccccc1C(=O)N1CCN(c2ccc(C(F)(F)F)c[nH+]2)CC1. The van der Waals surface area contributed by atoms with Gasteiger partial charge in [0.05, 0.1) is 24.2 Å². The van der Waals surface area contributed by atoms with E-state index < -0.39 is 11.7 Å². The predicted octanol–water partition coefficient (Wildman–Crippen LogP) is 3.20. The van der Waals surface area contributed by atoms with E-state index in [-0.39, 0.29) is 5.91 Å². The number of amides is 1. The Balaban J connectivity index is 1.65. The normalized spacial score (nSPS) is 15.2. The molecule has 1 N–H and O–H groups in total. The average Bonchev–Trinajstić information content (AvgIpc) is 2.67. The fourth-order valence-electron chi connectivity index (χ4n) is 2.93. The molecule has 2 aromatic rings. The molecule has 26 heavy (non-hydrogen) atoms. The van der Waals surface area contributed by atoms with E-state index in [1.807, 2.05) is 35.4 Å². The number of nitrogens with zero attached hydrogens (tertiary/aromatic N) is 2. The molecule has 0 bridgehead atoms. The molecule has 0 unspecified atom stereocenters. The number of rotatable bonds is 3. The summed E-state index contributed by atoms with van der Waals surface area (Å²) in [5.41, 5.74) is -0.0155. The monoisotopic (exact) mass is 382 g/mol. The number of hydrogen-bond acceptors (Lipinski definition) is 3. The Morgan fingerprint density at radius 2 is 1.77 bits per heavy atom. The lowest BCUT2D eigenvalue weighted by Gasteiger charge is -2.31. The van der Waals surface area contributed by atoms with E-state index in [2.05, 4.69) is 4.98 Å². The Labute approximate surface area is 154 Å². The fourth-order valence-corrected chi connectivity index (χ4v) is 3.52. The summed E-state index contributed by atoms with van der Waals surface area (Å²) in [6.45, 7) is 2.18. The number of aromatic amines is 1. The minimum atomic E-state index is -4.36. The molecular weight excluding hydrogens is 363 g/mol. The van der Waals surface area contributed by atoms with Crippen molar-refractivity contribution in [2.75, 3.05) is 37.3 Å². The van der Waals surface area contributed by atoms with Crippen molar-refractivity contribution in [3.8, 4) is 0 Å². The summed E-state index contributed by atoms with van der Waals surface area (Å²) in [5.74, 6) is 0.612. The number of anilines is 1. The number of carbonyl (C=O) groups excluding carboxylic acids is 1. The maximum Gasteiger partial charge on any atom is 0.419 e. The molecule has 0 atom stereocenters. The van der Waals surface area contributed by atoms with Gasteiger partial charge in [-0.15, -0.1) is 11.8 Å². The Bertz CT molecular complexity index is 772. The smallest absolute Gasteiger partial charge is 0.331 e. The average molecular weight is 382 g/mol. The van der Waals surface area contributed by atoms with Crippen LogP contribution in [0.5, 0.6) is 0 Å². The molecule has 1 aromatic heterocycles. The van der Waals surface area contributed by atoms with Crippen LogP contribution in [0.4, 0.5) is 19.0 Å². The van der Waals surface area contributed by atoms with Crippen LogP contribution < -0.4 is 9.88 Å². The first-order valence-corrected chi connectivity index (χ1v) is 9.39. The number of thioether (sulfide) groups is 1. The van der Waals surface area contributed by atoms with E-state index in [1.54, 1.807) is 4.90 Å². The van der Waals surface area contributed by atoms with Gasteiger partial charge in [0.25, 0.3) is 11.7 Å². The highest BCUT2D eigenvalue weighted by atomic mass is 32.2. The molecule has 1 aliphatic heterocycles. The Morgan fingerprint density at radius 3 is 2.35 bits per heavy atom. The van der Waals surface area contributed by atoms with Gasteiger partial charge in [-0.25, -0.2) is 4.98 Å². The summed E-state index contributed by atoms with van der Waals surface area (Å²) in [6.07, 6.45) is -1.45. The van der Waals surface area contributed by atoms with Gasteiger partial charge in [0.15, 0.2) is 0 Å². The second kappa shape index (κ2) is 7.57. The number of nitrogens with one attached hydrogen (secondary N) is 1. The minimum Gasteiger partial charge on any atom is -0.331 e. The van der Waals surface area contributed by atoms with Crippen LogP contribution in [0.25, 0.3) is 0 Å². The van der Waals surface area contributed by atoms with Crippen LogP contribution in [-0.2, 0) is 6.18 Å². The van der Waals surface area contributed by atoms with Crippen LogP contribution in [0, 0.1) is 0 Å². The molecule has 0 saturated carbocycles. The molecule has 8 heteroatoms. The zero-order valence-electron chi connectivity index (χ0n) is 14.2. The van der Waals surface area contributed by atoms with Crippen molar-refractivity contribution in [2.24, 2.45) is 0 Å². The highest BCUT2D eigenvalue weighted by Gasteiger charge is 2.33. The van der Waals surface area contributed by atoms with Crippen molar-refractivity contribution in [3.63, 3.8) is 0 Å². The van der Waals surface area contributed by atoms with E-state index >= 15 is 0 Å². The van der Waals surface area contributed by atoms with Gasteiger partial charge in [-0.2, -0.15) is 13.2 Å². The van der Waals surface area contributed by atoms with Gasteiger partial charge >= 0.3 is 6.18 Å². The molecule has 1 saturated heterocycles. The fraction of sp³-hybridized carbons (Fsp3) is 0.333. The first-order chi connectivity index (χ1) is 12.4. The molecule has 1 aliphatic rings. The Morgan fingerprint density at radius 1 is 1.08 bits per heavy atom. The number of hydrogen-bond donors (Lipinski definition) is 0. The van der Waals surface area contributed by atoms with Crippen LogP contribution in [0.15, 0.2) is 47.5 Å². The van der Waals surface area contributed by atoms with E-state index in [1.165, 1.54) is 17.8 Å². The summed E-state index contributed by atoms with van der Waals surface area (Å²) >= 11 is 1.53. The number of H-pyrrole nitrogens is 1. The number of halogens is 3. The highest BCUT2D eigenvalue weighted by molar-refractivity contribution is 7.98. The number of aromatic nitrogens is 1. The molecule has 138 valence electrons. The molecular formula is C18H19F3N3OS+. The molecule has 0 spiro atoms. The molecule has 1 amide bonds.